The molecule has 1 aromatic heterocycles. The minimum absolute atomic E-state index is 0.0480. The van der Waals surface area contributed by atoms with Crippen molar-refractivity contribution in [2.45, 2.75) is 33.0 Å². The number of carbonyl (C=O) groups is 2. The quantitative estimate of drug-likeness (QED) is 0.794. The van der Waals surface area contributed by atoms with Crippen molar-refractivity contribution in [1.29, 1.82) is 0 Å². The number of likely N-dealkylation sites (tertiary alicyclic amines) is 1. The minimum atomic E-state index is -4.81. The van der Waals surface area contributed by atoms with Crippen LogP contribution in [0.5, 0.6) is 0 Å². The van der Waals surface area contributed by atoms with E-state index in [0.717, 1.165) is 10.9 Å². The van der Waals surface area contributed by atoms with Gasteiger partial charge in [-0.1, -0.05) is 13.8 Å². The van der Waals surface area contributed by atoms with Crippen LogP contribution in [0.2, 0.25) is 0 Å². The molecule has 0 unspecified atom stereocenters. The van der Waals surface area contributed by atoms with Crippen LogP contribution in [0.3, 0.4) is 0 Å². The van der Waals surface area contributed by atoms with E-state index in [-0.39, 0.29) is 12.5 Å². The molecule has 146 valence electrons. The van der Waals surface area contributed by atoms with Crippen LogP contribution in [0.1, 0.15) is 36.3 Å². The molecule has 1 aromatic rings. The van der Waals surface area contributed by atoms with Crippen LogP contribution in [0.4, 0.5) is 22.0 Å². The fraction of sp³-hybridized carbons (Fsp3) is 0.667. The van der Waals surface area contributed by atoms with E-state index in [1.165, 1.54) is 0 Å². The van der Waals surface area contributed by atoms with Gasteiger partial charge in [0.2, 0.25) is 0 Å². The number of alkyl halides is 5. The molecule has 2 atom stereocenters. The number of carbonyl (C=O) groups excluding carboxylic acids is 1. The van der Waals surface area contributed by atoms with Crippen molar-refractivity contribution in [1.82, 2.24) is 14.7 Å². The third-order valence-electron chi connectivity index (χ3n) is 4.20. The first-order valence-electron chi connectivity index (χ1n) is 7.86. The van der Waals surface area contributed by atoms with Crippen LogP contribution in [0.25, 0.3) is 0 Å². The van der Waals surface area contributed by atoms with Gasteiger partial charge in [0, 0.05) is 19.6 Å². The van der Waals surface area contributed by atoms with Gasteiger partial charge >= 0.3 is 12.1 Å². The van der Waals surface area contributed by atoms with E-state index in [1.807, 2.05) is 0 Å². The first-order chi connectivity index (χ1) is 11.9. The van der Waals surface area contributed by atoms with Crippen molar-refractivity contribution in [2.24, 2.45) is 17.8 Å². The highest BCUT2D eigenvalue weighted by Gasteiger charge is 2.53. The van der Waals surface area contributed by atoms with Gasteiger partial charge in [0.1, 0.15) is 5.69 Å². The highest BCUT2D eigenvalue weighted by molar-refractivity contribution is 5.96. The SMILES string of the molecule is CC(C)Cn1ncc(C(=O)N2C[C@@H](C(F)(F)F)[C@H](C(=O)O)C2)c1C(F)F. The van der Waals surface area contributed by atoms with Crippen LogP contribution in [-0.2, 0) is 11.3 Å². The molecule has 0 aliphatic carbocycles. The number of amides is 1. The monoisotopic (exact) mass is 383 g/mol. The molecule has 6 nitrogen and oxygen atoms in total. The molecule has 2 rings (SSSR count). The topological polar surface area (TPSA) is 75.4 Å². The predicted molar refractivity (Wildman–Crippen MR) is 78.6 cm³/mol. The van der Waals surface area contributed by atoms with Crippen molar-refractivity contribution < 1.29 is 36.6 Å². The fourth-order valence-corrected chi connectivity index (χ4v) is 3.00. The average molecular weight is 383 g/mol. The number of halogens is 5. The molecule has 0 saturated carbocycles. The molecule has 0 radical (unpaired) electrons. The second-order valence-corrected chi connectivity index (χ2v) is 6.62. The lowest BCUT2D eigenvalue weighted by Crippen LogP contribution is -2.34. The summed E-state index contributed by atoms with van der Waals surface area (Å²) >= 11 is 0. The van der Waals surface area contributed by atoms with Crippen LogP contribution in [-0.4, -0.2) is 50.9 Å². The molecule has 2 heterocycles. The highest BCUT2D eigenvalue weighted by atomic mass is 19.4. The number of aromatic nitrogens is 2. The van der Waals surface area contributed by atoms with Crippen LogP contribution in [0.15, 0.2) is 6.20 Å². The largest absolute Gasteiger partial charge is 0.481 e. The van der Waals surface area contributed by atoms with Crippen molar-refractivity contribution >= 4 is 11.9 Å². The van der Waals surface area contributed by atoms with E-state index < -0.39 is 60.7 Å². The molecule has 1 fully saturated rings. The minimum Gasteiger partial charge on any atom is -0.481 e. The molecule has 0 aromatic carbocycles. The summed E-state index contributed by atoms with van der Waals surface area (Å²) in [4.78, 5) is 24.2. The number of carboxylic acid groups (broad SMARTS) is 1. The number of aliphatic carboxylic acids is 1. The van der Waals surface area contributed by atoms with Crippen LogP contribution < -0.4 is 0 Å². The van der Waals surface area contributed by atoms with Gasteiger partial charge in [-0.05, 0) is 5.92 Å². The third kappa shape index (κ3) is 3.96. The highest BCUT2D eigenvalue weighted by Crippen LogP contribution is 2.38. The Balaban J connectivity index is 2.32. The van der Waals surface area contributed by atoms with E-state index in [0.29, 0.717) is 4.90 Å². The Labute approximate surface area is 145 Å². The maximum absolute atomic E-state index is 13.4. The summed E-state index contributed by atoms with van der Waals surface area (Å²) in [5.41, 5.74) is -1.18. The molecule has 1 aliphatic rings. The van der Waals surface area contributed by atoms with Gasteiger partial charge in [-0.25, -0.2) is 8.78 Å². The molecule has 11 heteroatoms. The molecule has 26 heavy (non-hydrogen) atoms. The Kier molecular flexibility index (Phi) is 5.57. The zero-order valence-corrected chi connectivity index (χ0v) is 14.0. The first kappa shape index (κ1) is 20.1. The Hall–Kier alpha value is -2.20. The molecule has 1 amide bonds. The molecule has 1 aliphatic heterocycles. The van der Waals surface area contributed by atoms with Crippen molar-refractivity contribution in [2.75, 3.05) is 13.1 Å². The Morgan fingerprint density at radius 1 is 1.31 bits per heavy atom. The van der Waals surface area contributed by atoms with Gasteiger partial charge in [-0.3, -0.25) is 14.3 Å². The average Bonchev–Trinajstić information content (AvgIpc) is 3.09. The third-order valence-corrected chi connectivity index (χ3v) is 4.20. The normalized spacial score (nSPS) is 21.0. The second-order valence-electron chi connectivity index (χ2n) is 6.62. The smallest absolute Gasteiger partial charge is 0.394 e. The van der Waals surface area contributed by atoms with Gasteiger partial charge in [-0.15, -0.1) is 0 Å². The van der Waals surface area contributed by atoms with Crippen molar-refractivity contribution in [3.8, 4) is 0 Å². The summed E-state index contributed by atoms with van der Waals surface area (Å²) in [5.74, 6) is -6.89. The summed E-state index contributed by atoms with van der Waals surface area (Å²) in [7, 11) is 0. The summed E-state index contributed by atoms with van der Waals surface area (Å²) in [6, 6.07) is 0. The van der Waals surface area contributed by atoms with Crippen LogP contribution >= 0.6 is 0 Å². The van der Waals surface area contributed by atoms with E-state index in [1.54, 1.807) is 13.8 Å². The Morgan fingerprint density at radius 3 is 2.35 bits per heavy atom. The lowest BCUT2D eigenvalue weighted by molar-refractivity contribution is -0.187. The van der Waals surface area contributed by atoms with Crippen LogP contribution in [0, 0.1) is 17.8 Å². The maximum atomic E-state index is 13.4. The summed E-state index contributed by atoms with van der Waals surface area (Å²) in [6.07, 6.45) is -6.97. The lowest BCUT2D eigenvalue weighted by atomic mass is 9.96. The predicted octanol–water partition coefficient (Wildman–Crippen LogP) is 2.81. The summed E-state index contributed by atoms with van der Waals surface area (Å²) in [6.45, 7) is 2.03. The Morgan fingerprint density at radius 2 is 1.92 bits per heavy atom. The van der Waals surface area contributed by atoms with E-state index >= 15 is 0 Å². The summed E-state index contributed by atoms with van der Waals surface area (Å²) in [5, 5.41) is 12.7. The molecular formula is C15H18F5N3O3. The number of carboxylic acids is 1. The zero-order valence-electron chi connectivity index (χ0n) is 14.0. The van der Waals surface area contributed by atoms with Crippen molar-refractivity contribution in [3.05, 3.63) is 17.5 Å². The molecule has 1 saturated heterocycles. The lowest BCUT2D eigenvalue weighted by Gasteiger charge is -2.18. The van der Waals surface area contributed by atoms with Gasteiger partial charge in [0.15, 0.2) is 0 Å². The summed E-state index contributed by atoms with van der Waals surface area (Å²) < 4.78 is 66.8. The number of hydrogen-bond donors (Lipinski definition) is 1. The number of rotatable bonds is 5. The molecule has 0 bridgehead atoms. The Bertz CT molecular complexity index is 687. The number of nitrogens with zero attached hydrogens (tertiary/aromatic N) is 3. The van der Waals surface area contributed by atoms with Gasteiger partial charge < -0.3 is 10.0 Å². The standard InChI is InChI=1S/C15H18F5N3O3/c1-7(2)4-23-11(12(16)17)8(3-21-23)13(24)22-5-9(14(25)26)10(6-22)15(18,19)20/h3,7,9-10,12H,4-6H2,1-2H3,(H,25,26)/t9-,10-/m1/s1. The maximum Gasteiger partial charge on any atom is 0.394 e. The van der Waals surface area contributed by atoms with Gasteiger partial charge in [0.25, 0.3) is 12.3 Å². The number of hydrogen-bond acceptors (Lipinski definition) is 3. The zero-order chi connectivity index (χ0) is 19.8. The van der Waals surface area contributed by atoms with Crippen molar-refractivity contribution in [3.63, 3.8) is 0 Å². The molecular weight excluding hydrogens is 365 g/mol. The van der Waals surface area contributed by atoms with E-state index in [2.05, 4.69) is 5.10 Å². The van der Waals surface area contributed by atoms with E-state index in [4.69, 9.17) is 5.11 Å². The fourth-order valence-electron chi connectivity index (χ4n) is 3.00. The van der Waals surface area contributed by atoms with Gasteiger partial charge in [0.05, 0.1) is 23.6 Å². The van der Waals surface area contributed by atoms with E-state index in [9.17, 15) is 31.5 Å². The molecule has 1 N–H and O–H groups in total. The molecule has 0 spiro atoms. The van der Waals surface area contributed by atoms with Gasteiger partial charge in [-0.2, -0.15) is 18.3 Å². The first-order valence-corrected chi connectivity index (χ1v) is 7.86. The second kappa shape index (κ2) is 7.20.